The van der Waals surface area contributed by atoms with E-state index in [9.17, 15) is 18.0 Å². The number of hydrogen-bond acceptors (Lipinski definition) is 2. The lowest BCUT2D eigenvalue weighted by Gasteiger charge is -2.14. The second-order valence-corrected chi connectivity index (χ2v) is 6.20. The molecule has 3 aromatic rings. The van der Waals surface area contributed by atoms with Crippen molar-refractivity contribution in [2.24, 2.45) is 0 Å². The zero-order chi connectivity index (χ0) is 19.6. The van der Waals surface area contributed by atoms with Crippen molar-refractivity contribution in [2.45, 2.75) is 6.18 Å². The van der Waals surface area contributed by atoms with E-state index < -0.39 is 23.6 Å². The number of rotatable bonds is 3. The molecule has 0 bridgehead atoms. The van der Waals surface area contributed by atoms with Gasteiger partial charge in [0.15, 0.2) is 5.69 Å². The summed E-state index contributed by atoms with van der Waals surface area (Å²) in [6.07, 6.45) is -3.81. The summed E-state index contributed by atoms with van der Waals surface area (Å²) < 4.78 is 41.3. The van der Waals surface area contributed by atoms with Gasteiger partial charge in [0, 0.05) is 5.02 Å². The number of nitrogens with one attached hydrogen (secondary N) is 2. The van der Waals surface area contributed by atoms with Crippen LogP contribution in [0.2, 0.25) is 10.0 Å². The quantitative estimate of drug-likeness (QED) is 0.565. The lowest BCUT2D eigenvalue weighted by molar-refractivity contribution is -0.142. The Kier molecular flexibility index (Phi) is 5.29. The SMILES string of the molecule is O=C(Nc1ccc(Cl)cc1Cl)Nc1cnn(-c2ccccc2)c1C(F)(F)F. The predicted molar refractivity (Wildman–Crippen MR) is 97.7 cm³/mol. The first kappa shape index (κ1) is 19.1. The molecule has 0 saturated heterocycles. The molecule has 2 aromatic carbocycles. The number of alkyl halides is 3. The van der Waals surface area contributed by atoms with Gasteiger partial charge >= 0.3 is 12.2 Å². The number of hydrogen-bond donors (Lipinski definition) is 2. The average Bonchev–Trinajstić information content (AvgIpc) is 3.02. The summed E-state index contributed by atoms with van der Waals surface area (Å²) in [7, 11) is 0. The van der Waals surface area contributed by atoms with E-state index in [1.165, 1.54) is 30.3 Å². The summed E-state index contributed by atoms with van der Waals surface area (Å²) in [6, 6.07) is 11.2. The fourth-order valence-corrected chi connectivity index (χ4v) is 2.80. The highest BCUT2D eigenvalue weighted by atomic mass is 35.5. The number of nitrogens with zero attached hydrogens (tertiary/aromatic N) is 2. The van der Waals surface area contributed by atoms with Crippen LogP contribution in [0, 0.1) is 0 Å². The highest BCUT2D eigenvalue weighted by molar-refractivity contribution is 6.36. The summed E-state index contributed by atoms with van der Waals surface area (Å²) in [5.74, 6) is 0. The summed E-state index contributed by atoms with van der Waals surface area (Å²) in [4.78, 5) is 12.1. The van der Waals surface area contributed by atoms with Crippen molar-refractivity contribution in [1.82, 2.24) is 9.78 Å². The number of anilines is 2. The van der Waals surface area contributed by atoms with Crippen LogP contribution in [0.1, 0.15) is 5.69 Å². The van der Waals surface area contributed by atoms with Gasteiger partial charge in [-0.25, -0.2) is 9.48 Å². The van der Waals surface area contributed by atoms with Crippen LogP contribution < -0.4 is 10.6 Å². The van der Waals surface area contributed by atoms with E-state index in [0.717, 1.165) is 6.20 Å². The van der Waals surface area contributed by atoms with Crippen LogP contribution in [0.3, 0.4) is 0 Å². The van der Waals surface area contributed by atoms with Gasteiger partial charge in [0.1, 0.15) is 0 Å². The smallest absolute Gasteiger partial charge is 0.306 e. The molecule has 0 saturated carbocycles. The zero-order valence-electron chi connectivity index (χ0n) is 13.4. The number of benzene rings is 2. The number of para-hydroxylation sites is 1. The normalized spacial score (nSPS) is 11.3. The number of aromatic nitrogens is 2. The van der Waals surface area contributed by atoms with Crippen LogP contribution in [0.15, 0.2) is 54.7 Å². The molecule has 10 heteroatoms. The zero-order valence-corrected chi connectivity index (χ0v) is 14.9. The van der Waals surface area contributed by atoms with Gasteiger partial charge in [-0.1, -0.05) is 41.4 Å². The Labute approximate surface area is 161 Å². The van der Waals surface area contributed by atoms with Crippen molar-refractivity contribution in [3.05, 3.63) is 70.5 Å². The van der Waals surface area contributed by atoms with Crippen LogP contribution in [-0.2, 0) is 6.18 Å². The Hall–Kier alpha value is -2.71. The first-order valence-electron chi connectivity index (χ1n) is 7.49. The lowest BCUT2D eigenvalue weighted by Crippen LogP contribution is -2.22. The Morgan fingerprint density at radius 3 is 2.30 bits per heavy atom. The third kappa shape index (κ3) is 4.35. The van der Waals surface area contributed by atoms with Crippen molar-refractivity contribution in [1.29, 1.82) is 0 Å². The van der Waals surface area contributed by atoms with E-state index in [1.54, 1.807) is 18.2 Å². The highest BCUT2D eigenvalue weighted by Crippen LogP contribution is 2.36. The summed E-state index contributed by atoms with van der Waals surface area (Å²) in [6.45, 7) is 0. The minimum atomic E-state index is -4.74. The minimum absolute atomic E-state index is 0.147. The molecule has 0 aliphatic heterocycles. The van der Waals surface area contributed by atoms with Crippen LogP contribution in [0.25, 0.3) is 5.69 Å². The summed E-state index contributed by atoms with van der Waals surface area (Å²) >= 11 is 11.7. The van der Waals surface area contributed by atoms with Crippen molar-refractivity contribution in [3.63, 3.8) is 0 Å². The van der Waals surface area contributed by atoms with Crippen LogP contribution in [0.5, 0.6) is 0 Å². The molecule has 3 rings (SSSR count). The first-order valence-corrected chi connectivity index (χ1v) is 8.25. The largest absolute Gasteiger partial charge is 0.435 e. The van der Waals surface area contributed by atoms with Gasteiger partial charge in [-0.2, -0.15) is 18.3 Å². The molecule has 0 spiro atoms. The van der Waals surface area contributed by atoms with Gasteiger partial charge < -0.3 is 10.6 Å². The van der Waals surface area contributed by atoms with Crippen LogP contribution >= 0.6 is 23.2 Å². The van der Waals surface area contributed by atoms with E-state index in [1.807, 2.05) is 0 Å². The Morgan fingerprint density at radius 2 is 1.67 bits per heavy atom. The van der Waals surface area contributed by atoms with Gasteiger partial charge in [0.25, 0.3) is 0 Å². The topological polar surface area (TPSA) is 59.0 Å². The van der Waals surface area contributed by atoms with Crippen molar-refractivity contribution in [2.75, 3.05) is 10.6 Å². The van der Waals surface area contributed by atoms with Gasteiger partial charge in [0.05, 0.1) is 28.3 Å². The number of amides is 2. The fraction of sp³-hybridized carbons (Fsp3) is 0.0588. The summed E-state index contributed by atoms with van der Waals surface area (Å²) in [5, 5.41) is 8.78. The Balaban J connectivity index is 1.88. The van der Waals surface area contributed by atoms with E-state index in [-0.39, 0.29) is 16.4 Å². The molecule has 0 unspecified atom stereocenters. The molecule has 5 nitrogen and oxygen atoms in total. The Morgan fingerprint density at radius 1 is 1.00 bits per heavy atom. The number of halogens is 5. The predicted octanol–water partition coefficient (Wildman–Crippen LogP) is 5.84. The van der Waals surface area contributed by atoms with Gasteiger partial charge in [-0.15, -0.1) is 0 Å². The first-order chi connectivity index (χ1) is 12.8. The number of carbonyl (C=O) groups is 1. The van der Waals surface area contributed by atoms with Crippen LogP contribution in [-0.4, -0.2) is 15.8 Å². The van der Waals surface area contributed by atoms with E-state index in [2.05, 4.69) is 15.7 Å². The molecule has 0 aliphatic rings. The molecule has 140 valence electrons. The second kappa shape index (κ2) is 7.50. The standard InChI is InChI=1S/C17H11Cl2F3N4O/c18-10-6-7-13(12(19)8-10)24-16(27)25-14-9-23-26(15(14)17(20,21)22)11-4-2-1-3-5-11/h1-9H,(H2,24,25,27). The maximum Gasteiger partial charge on any atom is 0.435 e. The second-order valence-electron chi connectivity index (χ2n) is 5.36. The van der Waals surface area contributed by atoms with Crippen molar-refractivity contribution in [3.8, 4) is 5.69 Å². The average molecular weight is 415 g/mol. The molecule has 0 radical (unpaired) electrons. The monoisotopic (exact) mass is 414 g/mol. The Bertz CT molecular complexity index is 974. The molecule has 0 fully saturated rings. The minimum Gasteiger partial charge on any atom is -0.306 e. The number of urea groups is 1. The molecular formula is C17H11Cl2F3N4O. The maximum absolute atomic E-state index is 13.5. The maximum atomic E-state index is 13.5. The van der Waals surface area contributed by atoms with Crippen molar-refractivity contribution < 1.29 is 18.0 Å². The van der Waals surface area contributed by atoms with Gasteiger partial charge in [0.2, 0.25) is 0 Å². The number of carbonyl (C=O) groups excluding carboxylic acids is 1. The van der Waals surface area contributed by atoms with E-state index in [0.29, 0.717) is 9.70 Å². The molecule has 2 N–H and O–H groups in total. The fourth-order valence-electron chi connectivity index (χ4n) is 2.34. The lowest BCUT2D eigenvalue weighted by atomic mass is 10.3. The third-order valence-electron chi connectivity index (χ3n) is 3.47. The summed E-state index contributed by atoms with van der Waals surface area (Å²) in [5.41, 5.74) is -1.19. The molecule has 0 atom stereocenters. The molecule has 1 aromatic heterocycles. The molecule has 1 heterocycles. The third-order valence-corrected chi connectivity index (χ3v) is 4.01. The molecule has 0 aliphatic carbocycles. The van der Waals surface area contributed by atoms with E-state index >= 15 is 0 Å². The highest BCUT2D eigenvalue weighted by Gasteiger charge is 2.39. The molecule has 27 heavy (non-hydrogen) atoms. The van der Waals surface area contributed by atoms with Gasteiger partial charge in [-0.05, 0) is 30.3 Å². The molecular weight excluding hydrogens is 404 g/mol. The van der Waals surface area contributed by atoms with Crippen molar-refractivity contribution >= 4 is 40.6 Å². The molecule has 2 amide bonds. The van der Waals surface area contributed by atoms with Gasteiger partial charge in [-0.3, -0.25) is 0 Å². The van der Waals surface area contributed by atoms with E-state index in [4.69, 9.17) is 23.2 Å². The van der Waals surface area contributed by atoms with Crippen LogP contribution in [0.4, 0.5) is 29.3 Å².